The van der Waals surface area contributed by atoms with Crippen LogP contribution >= 0.6 is 11.3 Å². The molecule has 4 heteroatoms. The Hall–Kier alpha value is -1.81. The van der Waals surface area contributed by atoms with Gasteiger partial charge in [-0.25, -0.2) is 0 Å². The van der Waals surface area contributed by atoms with E-state index in [-0.39, 0.29) is 11.9 Å². The van der Waals surface area contributed by atoms with Crippen LogP contribution in [0.15, 0.2) is 41.8 Å². The van der Waals surface area contributed by atoms with E-state index in [1.54, 1.807) is 18.4 Å². The number of esters is 1. The fraction of sp³-hybridized carbons (Fsp3) is 0.267. The maximum absolute atomic E-state index is 11.9. The van der Waals surface area contributed by atoms with Crippen molar-refractivity contribution in [2.24, 2.45) is 0 Å². The van der Waals surface area contributed by atoms with Gasteiger partial charge in [0.1, 0.15) is 5.75 Å². The van der Waals surface area contributed by atoms with Crippen molar-refractivity contribution in [2.75, 3.05) is 14.2 Å². The van der Waals surface area contributed by atoms with Crippen LogP contribution in [0, 0.1) is 0 Å². The molecule has 100 valence electrons. The van der Waals surface area contributed by atoms with Crippen LogP contribution in [0.2, 0.25) is 0 Å². The van der Waals surface area contributed by atoms with E-state index in [4.69, 9.17) is 9.47 Å². The summed E-state index contributed by atoms with van der Waals surface area (Å²) in [6.45, 7) is 0. The van der Waals surface area contributed by atoms with Crippen LogP contribution in [0.3, 0.4) is 0 Å². The van der Waals surface area contributed by atoms with Crippen molar-refractivity contribution in [3.63, 3.8) is 0 Å². The Morgan fingerprint density at radius 3 is 2.47 bits per heavy atom. The van der Waals surface area contributed by atoms with Crippen molar-refractivity contribution in [3.8, 4) is 5.75 Å². The molecule has 19 heavy (non-hydrogen) atoms. The highest BCUT2D eigenvalue weighted by Crippen LogP contribution is 2.27. The Kier molecular flexibility index (Phi) is 4.58. The lowest BCUT2D eigenvalue weighted by atomic mass is 9.98. The quantitative estimate of drug-likeness (QED) is 0.786. The number of benzene rings is 1. The number of methoxy groups -OCH3 is 2. The predicted molar refractivity (Wildman–Crippen MR) is 75.8 cm³/mol. The molecule has 1 aromatic heterocycles. The van der Waals surface area contributed by atoms with Gasteiger partial charge in [0.25, 0.3) is 0 Å². The van der Waals surface area contributed by atoms with Gasteiger partial charge in [-0.2, -0.15) is 0 Å². The van der Waals surface area contributed by atoms with Gasteiger partial charge in [0.05, 0.1) is 20.1 Å². The van der Waals surface area contributed by atoms with Crippen LogP contribution in [0.4, 0.5) is 0 Å². The highest BCUT2D eigenvalue weighted by molar-refractivity contribution is 7.10. The zero-order chi connectivity index (χ0) is 13.7. The Morgan fingerprint density at radius 2 is 1.95 bits per heavy atom. The van der Waals surface area contributed by atoms with E-state index < -0.39 is 0 Å². The SMILES string of the molecule is COC(=O)C(Cc1ccc(OC)cc1)c1cccs1. The van der Waals surface area contributed by atoms with Crippen LogP contribution in [0.1, 0.15) is 16.4 Å². The van der Waals surface area contributed by atoms with Gasteiger partial charge in [-0.3, -0.25) is 4.79 Å². The van der Waals surface area contributed by atoms with Gasteiger partial charge in [-0.15, -0.1) is 11.3 Å². The summed E-state index contributed by atoms with van der Waals surface area (Å²) in [5, 5.41) is 1.97. The van der Waals surface area contributed by atoms with E-state index in [0.717, 1.165) is 16.2 Å². The molecule has 0 amide bonds. The van der Waals surface area contributed by atoms with Gasteiger partial charge < -0.3 is 9.47 Å². The maximum Gasteiger partial charge on any atom is 0.314 e. The summed E-state index contributed by atoms with van der Waals surface area (Å²) >= 11 is 1.58. The first-order valence-electron chi connectivity index (χ1n) is 5.98. The number of hydrogen-bond acceptors (Lipinski definition) is 4. The third-order valence-corrected chi connectivity index (χ3v) is 3.96. The van der Waals surface area contributed by atoms with Crippen LogP contribution in [0.5, 0.6) is 5.75 Å². The minimum atomic E-state index is -0.238. The fourth-order valence-electron chi connectivity index (χ4n) is 1.93. The second kappa shape index (κ2) is 6.38. The molecule has 0 bridgehead atoms. The smallest absolute Gasteiger partial charge is 0.314 e. The molecule has 0 spiro atoms. The molecule has 0 saturated carbocycles. The van der Waals surface area contributed by atoms with E-state index in [1.807, 2.05) is 41.8 Å². The molecule has 0 N–H and O–H groups in total. The topological polar surface area (TPSA) is 35.5 Å². The van der Waals surface area contributed by atoms with E-state index in [2.05, 4.69) is 0 Å². The van der Waals surface area contributed by atoms with Crippen LogP contribution < -0.4 is 4.74 Å². The third kappa shape index (κ3) is 3.35. The highest BCUT2D eigenvalue weighted by Gasteiger charge is 2.22. The number of carbonyl (C=O) groups is 1. The van der Waals surface area contributed by atoms with Crippen molar-refractivity contribution in [2.45, 2.75) is 12.3 Å². The minimum absolute atomic E-state index is 0.196. The molecule has 1 unspecified atom stereocenters. The molecule has 1 aromatic carbocycles. The normalized spacial score (nSPS) is 11.9. The average molecular weight is 276 g/mol. The Morgan fingerprint density at radius 1 is 1.21 bits per heavy atom. The molecule has 0 aliphatic rings. The molecule has 0 aliphatic carbocycles. The summed E-state index contributed by atoms with van der Waals surface area (Å²) < 4.78 is 10.0. The first-order valence-corrected chi connectivity index (χ1v) is 6.86. The van der Waals surface area contributed by atoms with Crippen molar-refractivity contribution in [3.05, 3.63) is 52.2 Å². The van der Waals surface area contributed by atoms with Crippen molar-refractivity contribution >= 4 is 17.3 Å². The molecule has 0 saturated heterocycles. The van der Waals surface area contributed by atoms with Crippen molar-refractivity contribution in [1.82, 2.24) is 0 Å². The Labute approximate surface area is 116 Å². The lowest BCUT2D eigenvalue weighted by Gasteiger charge is -2.13. The molecule has 1 atom stereocenters. The Balaban J connectivity index is 2.18. The molecule has 2 rings (SSSR count). The Bertz CT molecular complexity index is 517. The lowest BCUT2D eigenvalue weighted by molar-refractivity contribution is -0.142. The van der Waals surface area contributed by atoms with Gasteiger partial charge in [0.2, 0.25) is 0 Å². The first kappa shape index (κ1) is 13.6. The van der Waals surface area contributed by atoms with E-state index in [0.29, 0.717) is 6.42 Å². The largest absolute Gasteiger partial charge is 0.497 e. The monoisotopic (exact) mass is 276 g/mol. The zero-order valence-electron chi connectivity index (χ0n) is 11.0. The van der Waals surface area contributed by atoms with Crippen molar-refractivity contribution < 1.29 is 14.3 Å². The molecular weight excluding hydrogens is 260 g/mol. The van der Waals surface area contributed by atoms with E-state index in [1.165, 1.54) is 7.11 Å². The summed E-state index contributed by atoms with van der Waals surface area (Å²) in [4.78, 5) is 12.9. The second-order valence-electron chi connectivity index (χ2n) is 4.14. The molecule has 1 heterocycles. The lowest BCUT2D eigenvalue weighted by Crippen LogP contribution is -2.15. The fourth-order valence-corrected chi connectivity index (χ4v) is 2.74. The summed E-state index contributed by atoms with van der Waals surface area (Å²) in [6, 6.07) is 11.7. The summed E-state index contributed by atoms with van der Waals surface area (Å²) in [5.41, 5.74) is 1.09. The van der Waals surface area contributed by atoms with E-state index >= 15 is 0 Å². The standard InChI is InChI=1S/C15H16O3S/c1-17-12-7-5-11(6-8-12)10-13(15(16)18-2)14-4-3-9-19-14/h3-9,13H,10H2,1-2H3. The van der Waals surface area contributed by atoms with Gasteiger partial charge in [-0.05, 0) is 35.6 Å². The number of ether oxygens (including phenoxy) is 2. The average Bonchev–Trinajstić information content (AvgIpc) is 2.98. The summed E-state index contributed by atoms with van der Waals surface area (Å²) in [6.07, 6.45) is 0.636. The predicted octanol–water partition coefficient (Wildman–Crippen LogP) is 3.26. The minimum Gasteiger partial charge on any atom is -0.497 e. The second-order valence-corrected chi connectivity index (χ2v) is 5.12. The van der Waals surface area contributed by atoms with Crippen molar-refractivity contribution in [1.29, 1.82) is 0 Å². The summed E-state index contributed by atoms with van der Waals surface area (Å²) in [7, 11) is 3.06. The maximum atomic E-state index is 11.9. The number of hydrogen-bond donors (Lipinski definition) is 0. The molecule has 2 aromatic rings. The molecule has 0 radical (unpaired) electrons. The number of rotatable bonds is 5. The van der Waals surface area contributed by atoms with E-state index in [9.17, 15) is 4.79 Å². The third-order valence-electron chi connectivity index (χ3n) is 2.97. The number of carbonyl (C=O) groups excluding carboxylic acids is 1. The van der Waals surface area contributed by atoms with Crippen LogP contribution in [-0.2, 0) is 16.0 Å². The van der Waals surface area contributed by atoms with Crippen LogP contribution in [0.25, 0.3) is 0 Å². The summed E-state index contributed by atoms with van der Waals surface area (Å²) in [5.74, 6) is 0.381. The molecule has 0 aliphatic heterocycles. The molecule has 0 fully saturated rings. The van der Waals surface area contributed by atoms with Gasteiger partial charge in [0.15, 0.2) is 0 Å². The van der Waals surface area contributed by atoms with Crippen LogP contribution in [-0.4, -0.2) is 20.2 Å². The number of thiophene rings is 1. The molecular formula is C15H16O3S. The van der Waals surface area contributed by atoms with Gasteiger partial charge in [-0.1, -0.05) is 18.2 Å². The van der Waals surface area contributed by atoms with Gasteiger partial charge in [0, 0.05) is 4.88 Å². The van der Waals surface area contributed by atoms with Gasteiger partial charge >= 0.3 is 5.97 Å². The first-order chi connectivity index (χ1) is 9.24. The molecule has 3 nitrogen and oxygen atoms in total. The zero-order valence-corrected chi connectivity index (χ0v) is 11.8. The highest BCUT2D eigenvalue weighted by atomic mass is 32.1.